The van der Waals surface area contributed by atoms with Crippen LogP contribution in [0.25, 0.3) is 6.08 Å². The molecule has 0 spiro atoms. The fourth-order valence-electron chi connectivity index (χ4n) is 3.39. The number of ether oxygens (including phenoxy) is 1. The summed E-state index contributed by atoms with van der Waals surface area (Å²) in [5.41, 5.74) is 2.53. The van der Waals surface area contributed by atoms with E-state index >= 15 is 0 Å². The first-order valence-corrected chi connectivity index (χ1v) is 10.2. The normalized spacial score (nSPS) is 14.9. The van der Waals surface area contributed by atoms with Crippen LogP contribution in [0.4, 0.5) is 10.5 Å². The molecule has 1 heterocycles. The van der Waals surface area contributed by atoms with E-state index in [1.165, 1.54) is 6.08 Å². The molecule has 0 radical (unpaired) electrons. The van der Waals surface area contributed by atoms with Gasteiger partial charge in [-0.05, 0) is 49.8 Å². The van der Waals surface area contributed by atoms with Gasteiger partial charge in [-0.3, -0.25) is 14.9 Å². The Balaban J connectivity index is 1.68. The smallest absolute Gasteiger partial charge is 0.343 e. The van der Waals surface area contributed by atoms with Crippen molar-refractivity contribution in [3.8, 4) is 5.75 Å². The maximum Gasteiger partial charge on any atom is 0.343 e. The molecular weight excluding hydrogens is 420 g/mol. The first-order valence-electron chi connectivity index (χ1n) is 10.2. The molecule has 0 atom stereocenters. The Kier molecular flexibility index (Phi) is 5.87. The number of benzene rings is 3. The number of urea groups is 1. The number of nitrogens with zero attached hydrogens (tertiary/aromatic N) is 1. The molecule has 4 amide bonds. The van der Waals surface area contributed by atoms with Gasteiger partial charge in [-0.1, -0.05) is 54.1 Å². The van der Waals surface area contributed by atoms with E-state index in [1.54, 1.807) is 79.7 Å². The van der Waals surface area contributed by atoms with Gasteiger partial charge in [0.2, 0.25) is 0 Å². The molecule has 1 aliphatic rings. The van der Waals surface area contributed by atoms with Crippen LogP contribution in [0.2, 0.25) is 0 Å². The highest BCUT2D eigenvalue weighted by Gasteiger charge is 2.37. The number of aryl methyl sites for hydroxylation is 2. The van der Waals surface area contributed by atoms with Crippen LogP contribution >= 0.6 is 0 Å². The highest BCUT2D eigenvalue weighted by molar-refractivity contribution is 6.39. The summed E-state index contributed by atoms with van der Waals surface area (Å²) in [6, 6.07) is 19.5. The molecule has 0 bridgehead atoms. The van der Waals surface area contributed by atoms with Crippen LogP contribution in [0.15, 0.2) is 78.4 Å². The molecule has 3 aromatic carbocycles. The number of carbonyl (C=O) groups excluding carboxylic acids is 4. The fourth-order valence-corrected chi connectivity index (χ4v) is 3.39. The number of esters is 1. The SMILES string of the molecule is Cc1ccc(C(=O)Oc2ccccc2/C=C2/C(=O)NC(=O)N(c3ccccc3C)C2=O)cc1. The zero-order valence-electron chi connectivity index (χ0n) is 18.0. The van der Waals surface area contributed by atoms with E-state index in [0.717, 1.165) is 10.5 Å². The van der Waals surface area contributed by atoms with Gasteiger partial charge in [0.1, 0.15) is 11.3 Å². The van der Waals surface area contributed by atoms with Gasteiger partial charge in [-0.15, -0.1) is 0 Å². The van der Waals surface area contributed by atoms with E-state index in [0.29, 0.717) is 22.4 Å². The molecule has 1 saturated heterocycles. The first kappa shape index (κ1) is 21.7. The van der Waals surface area contributed by atoms with E-state index in [-0.39, 0.29) is 11.3 Å². The van der Waals surface area contributed by atoms with Gasteiger partial charge in [0.15, 0.2) is 0 Å². The number of anilines is 1. The summed E-state index contributed by atoms with van der Waals surface area (Å²) in [5, 5.41) is 2.20. The van der Waals surface area contributed by atoms with Crippen molar-refractivity contribution in [2.75, 3.05) is 4.90 Å². The third kappa shape index (κ3) is 4.43. The Labute approximate surface area is 190 Å². The third-order valence-corrected chi connectivity index (χ3v) is 5.17. The van der Waals surface area contributed by atoms with Gasteiger partial charge >= 0.3 is 12.0 Å². The van der Waals surface area contributed by atoms with E-state index < -0.39 is 23.8 Å². The lowest BCUT2D eigenvalue weighted by molar-refractivity contribution is -0.122. The summed E-state index contributed by atoms with van der Waals surface area (Å²) in [4.78, 5) is 51.6. The second-order valence-electron chi connectivity index (χ2n) is 7.54. The lowest BCUT2D eigenvalue weighted by Crippen LogP contribution is -2.54. The molecule has 1 aliphatic heterocycles. The average molecular weight is 440 g/mol. The van der Waals surface area contributed by atoms with Crippen molar-refractivity contribution in [1.82, 2.24) is 5.32 Å². The molecule has 4 rings (SSSR count). The van der Waals surface area contributed by atoms with Gasteiger partial charge in [0.05, 0.1) is 11.3 Å². The van der Waals surface area contributed by atoms with Crippen LogP contribution in [0, 0.1) is 13.8 Å². The van der Waals surface area contributed by atoms with Crippen LogP contribution in [-0.2, 0) is 9.59 Å². The van der Waals surface area contributed by atoms with Crippen LogP contribution in [0.3, 0.4) is 0 Å². The monoisotopic (exact) mass is 440 g/mol. The van der Waals surface area contributed by atoms with E-state index in [9.17, 15) is 19.2 Å². The maximum atomic E-state index is 13.2. The van der Waals surface area contributed by atoms with E-state index in [4.69, 9.17) is 4.74 Å². The number of amides is 4. The second kappa shape index (κ2) is 8.92. The minimum Gasteiger partial charge on any atom is -0.422 e. The number of para-hydroxylation sites is 2. The highest BCUT2D eigenvalue weighted by atomic mass is 16.5. The molecular formula is C26H20N2O5. The van der Waals surface area contributed by atoms with Gasteiger partial charge < -0.3 is 4.74 Å². The largest absolute Gasteiger partial charge is 0.422 e. The van der Waals surface area contributed by atoms with Crippen molar-refractivity contribution >= 4 is 35.6 Å². The van der Waals surface area contributed by atoms with E-state index in [2.05, 4.69) is 5.32 Å². The molecule has 164 valence electrons. The predicted octanol–water partition coefficient (Wildman–Crippen LogP) is 4.19. The predicted molar refractivity (Wildman–Crippen MR) is 123 cm³/mol. The van der Waals surface area contributed by atoms with Gasteiger partial charge in [0.25, 0.3) is 11.8 Å². The number of rotatable bonds is 4. The minimum absolute atomic E-state index is 0.176. The van der Waals surface area contributed by atoms with Crippen molar-refractivity contribution in [1.29, 1.82) is 0 Å². The fraction of sp³-hybridized carbons (Fsp3) is 0.0769. The number of barbiturate groups is 1. The average Bonchev–Trinajstić information content (AvgIpc) is 2.79. The van der Waals surface area contributed by atoms with Crippen molar-refractivity contribution in [2.24, 2.45) is 0 Å². The summed E-state index contributed by atoms with van der Waals surface area (Å²) in [6.07, 6.45) is 1.31. The van der Waals surface area contributed by atoms with Gasteiger partial charge in [-0.2, -0.15) is 0 Å². The number of nitrogens with one attached hydrogen (secondary N) is 1. The number of hydrogen-bond acceptors (Lipinski definition) is 5. The standard InChI is InChI=1S/C26H20N2O5/c1-16-11-13-18(14-12-16)25(31)33-22-10-6-4-8-19(22)15-20-23(29)27-26(32)28(24(20)30)21-9-5-3-7-17(21)2/h3-15H,1-2H3,(H,27,29,32)/b20-15-. The molecule has 33 heavy (non-hydrogen) atoms. The molecule has 1 fully saturated rings. The number of imide groups is 2. The van der Waals surface area contributed by atoms with Gasteiger partial charge in [0, 0.05) is 5.56 Å². The van der Waals surface area contributed by atoms with Crippen LogP contribution in [0.1, 0.15) is 27.0 Å². The lowest BCUT2D eigenvalue weighted by atomic mass is 10.0. The summed E-state index contributed by atoms with van der Waals surface area (Å²) in [7, 11) is 0. The summed E-state index contributed by atoms with van der Waals surface area (Å²) in [6.45, 7) is 3.67. The topological polar surface area (TPSA) is 92.8 Å². The zero-order valence-corrected chi connectivity index (χ0v) is 18.0. The maximum absolute atomic E-state index is 13.2. The van der Waals surface area contributed by atoms with Crippen LogP contribution < -0.4 is 15.0 Å². The summed E-state index contributed by atoms with van der Waals surface area (Å²) in [5.74, 6) is -1.99. The van der Waals surface area contributed by atoms with E-state index in [1.807, 2.05) is 6.92 Å². The Hall–Kier alpha value is -4.52. The molecule has 3 aromatic rings. The molecule has 0 saturated carbocycles. The van der Waals surface area contributed by atoms with Crippen molar-refractivity contribution in [2.45, 2.75) is 13.8 Å². The Morgan fingerprint density at radius 1 is 0.879 bits per heavy atom. The zero-order chi connectivity index (χ0) is 23.5. The summed E-state index contributed by atoms with van der Waals surface area (Å²) < 4.78 is 5.53. The second-order valence-corrected chi connectivity index (χ2v) is 7.54. The molecule has 7 nitrogen and oxygen atoms in total. The summed E-state index contributed by atoms with van der Waals surface area (Å²) >= 11 is 0. The third-order valence-electron chi connectivity index (χ3n) is 5.17. The Morgan fingerprint density at radius 2 is 1.55 bits per heavy atom. The number of hydrogen-bond donors (Lipinski definition) is 1. The van der Waals surface area contributed by atoms with Crippen molar-refractivity contribution in [3.63, 3.8) is 0 Å². The highest BCUT2D eigenvalue weighted by Crippen LogP contribution is 2.27. The molecule has 0 aromatic heterocycles. The van der Waals surface area contributed by atoms with Crippen LogP contribution in [-0.4, -0.2) is 23.8 Å². The first-order chi connectivity index (χ1) is 15.8. The Bertz CT molecular complexity index is 1310. The number of carbonyl (C=O) groups is 4. The molecule has 7 heteroatoms. The quantitative estimate of drug-likeness (QED) is 0.284. The van der Waals surface area contributed by atoms with Gasteiger partial charge in [-0.25, -0.2) is 14.5 Å². The molecule has 0 aliphatic carbocycles. The van der Waals surface area contributed by atoms with Crippen molar-refractivity contribution in [3.05, 3.63) is 101 Å². The lowest BCUT2D eigenvalue weighted by Gasteiger charge is -2.27. The molecule has 1 N–H and O–H groups in total. The Morgan fingerprint density at radius 3 is 2.27 bits per heavy atom. The minimum atomic E-state index is -0.825. The molecule has 0 unspecified atom stereocenters. The van der Waals surface area contributed by atoms with Crippen LogP contribution in [0.5, 0.6) is 5.75 Å². The van der Waals surface area contributed by atoms with Crippen molar-refractivity contribution < 1.29 is 23.9 Å².